The molecule has 112 valence electrons. The summed E-state index contributed by atoms with van der Waals surface area (Å²) in [6, 6.07) is 6.39. The monoisotopic (exact) mass is 298 g/mol. The average molecular weight is 299 g/mol. The molecule has 0 radical (unpaired) electrons. The highest BCUT2D eigenvalue weighted by Crippen LogP contribution is 2.29. The Bertz CT molecular complexity index is 440. The molecule has 1 aromatic carbocycles. The number of nitrogens with zero attached hydrogens (tertiary/aromatic N) is 1. The summed E-state index contributed by atoms with van der Waals surface area (Å²) in [5.74, 6) is 0. The minimum absolute atomic E-state index is 0.0522. The number of rotatable bonds is 5. The lowest BCUT2D eigenvalue weighted by molar-refractivity contribution is 0.00352. The van der Waals surface area contributed by atoms with Crippen LogP contribution in [0.5, 0.6) is 0 Å². The molecule has 0 aromatic heterocycles. The summed E-state index contributed by atoms with van der Waals surface area (Å²) in [6.07, 6.45) is -0.117. The second-order valence-corrected chi connectivity index (χ2v) is 5.80. The molecule has 0 saturated carbocycles. The Kier molecular flexibility index (Phi) is 5.66. The molecule has 1 fully saturated rings. The van der Waals surface area contributed by atoms with Crippen LogP contribution in [-0.4, -0.2) is 43.6 Å². The van der Waals surface area contributed by atoms with Crippen molar-refractivity contribution in [2.45, 2.75) is 32.5 Å². The number of benzene rings is 1. The van der Waals surface area contributed by atoms with E-state index >= 15 is 0 Å². The molecule has 1 heterocycles. The van der Waals surface area contributed by atoms with Crippen LogP contribution in [0.1, 0.15) is 19.4 Å². The number of nitrogens with one attached hydrogen (secondary N) is 1. The lowest BCUT2D eigenvalue weighted by Gasteiger charge is -2.35. The number of aliphatic hydroxyl groups is 1. The molecule has 5 heteroatoms. The van der Waals surface area contributed by atoms with E-state index in [2.05, 4.69) is 30.1 Å². The minimum Gasteiger partial charge on any atom is -0.394 e. The fraction of sp³-hybridized carbons (Fsp3) is 0.600. The maximum atomic E-state index is 9.27. The molecule has 0 aliphatic carbocycles. The quantitative estimate of drug-likeness (QED) is 0.873. The van der Waals surface area contributed by atoms with Crippen LogP contribution in [0.2, 0.25) is 5.02 Å². The summed E-state index contributed by atoms with van der Waals surface area (Å²) in [5, 5.41) is 13.5. The van der Waals surface area contributed by atoms with Crippen LogP contribution in [0.25, 0.3) is 0 Å². The highest BCUT2D eigenvalue weighted by molar-refractivity contribution is 6.31. The van der Waals surface area contributed by atoms with Gasteiger partial charge in [-0.2, -0.15) is 0 Å². The van der Waals surface area contributed by atoms with Gasteiger partial charge in [-0.3, -0.25) is 0 Å². The van der Waals surface area contributed by atoms with Gasteiger partial charge in [0.05, 0.1) is 19.3 Å². The van der Waals surface area contributed by atoms with Crippen molar-refractivity contribution in [3.05, 3.63) is 28.8 Å². The normalized spacial score (nSPS) is 19.6. The minimum atomic E-state index is -0.117. The standard InChI is InChI=1S/C15H23ClN2O2/c1-11(2)17-8-13-14(16)4-3-5-15(13)18-6-7-20-12(9-18)10-19/h3-5,11-12,17,19H,6-10H2,1-2H3. The molecule has 1 unspecified atom stereocenters. The predicted octanol–water partition coefficient (Wildman–Crippen LogP) is 2.04. The molecule has 0 amide bonds. The third kappa shape index (κ3) is 3.85. The Balaban J connectivity index is 2.19. The zero-order valence-electron chi connectivity index (χ0n) is 12.1. The van der Waals surface area contributed by atoms with Gasteiger partial charge in [0.2, 0.25) is 0 Å². The Morgan fingerprint density at radius 3 is 3.00 bits per heavy atom. The van der Waals surface area contributed by atoms with Crippen LogP contribution in [-0.2, 0) is 11.3 Å². The Morgan fingerprint density at radius 1 is 1.50 bits per heavy atom. The zero-order chi connectivity index (χ0) is 14.5. The van der Waals surface area contributed by atoms with Crippen molar-refractivity contribution >= 4 is 17.3 Å². The van der Waals surface area contributed by atoms with Gasteiger partial charge < -0.3 is 20.1 Å². The van der Waals surface area contributed by atoms with Gasteiger partial charge in [0, 0.05) is 41.9 Å². The van der Waals surface area contributed by atoms with Gasteiger partial charge in [-0.05, 0) is 12.1 Å². The molecule has 1 aliphatic heterocycles. The van der Waals surface area contributed by atoms with Crippen LogP contribution < -0.4 is 10.2 Å². The van der Waals surface area contributed by atoms with E-state index in [0.29, 0.717) is 19.2 Å². The second-order valence-electron chi connectivity index (χ2n) is 5.39. The summed E-state index contributed by atoms with van der Waals surface area (Å²) < 4.78 is 5.51. The number of ether oxygens (including phenoxy) is 1. The summed E-state index contributed by atoms with van der Waals surface area (Å²) in [6.45, 7) is 7.19. The van der Waals surface area contributed by atoms with Crippen molar-refractivity contribution < 1.29 is 9.84 Å². The number of halogens is 1. The largest absolute Gasteiger partial charge is 0.394 e. The maximum absolute atomic E-state index is 9.27. The van der Waals surface area contributed by atoms with Crippen molar-refractivity contribution in [1.29, 1.82) is 0 Å². The Labute approximate surface area is 125 Å². The van der Waals surface area contributed by atoms with Gasteiger partial charge in [0.1, 0.15) is 0 Å². The lowest BCUT2D eigenvalue weighted by atomic mass is 10.1. The van der Waals surface area contributed by atoms with E-state index in [0.717, 1.165) is 29.4 Å². The third-order valence-electron chi connectivity index (χ3n) is 3.46. The maximum Gasteiger partial charge on any atom is 0.0980 e. The van der Waals surface area contributed by atoms with E-state index in [4.69, 9.17) is 16.3 Å². The fourth-order valence-corrected chi connectivity index (χ4v) is 2.61. The van der Waals surface area contributed by atoms with Crippen molar-refractivity contribution in [3.63, 3.8) is 0 Å². The first-order chi connectivity index (χ1) is 9.61. The lowest BCUT2D eigenvalue weighted by Crippen LogP contribution is -2.44. The Morgan fingerprint density at radius 2 is 2.30 bits per heavy atom. The number of morpholine rings is 1. The first-order valence-corrected chi connectivity index (χ1v) is 7.47. The molecule has 0 spiro atoms. The average Bonchev–Trinajstić information content (AvgIpc) is 2.45. The highest BCUT2D eigenvalue weighted by atomic mass is 35.5. The molecule has 0 bridgehead atoms. The highest BCUT2D eigenvalue weighted by Gasteiger charge is 2.22. The molecule has 1 aliphatic rings. The zero-order valence-corrected chi connectivity index (χ0v) is 12.9. The number of hydrogen-bond donors (Lipinski definition) is 2. The van der Waals surface area contributed by atoms with E-state index in [1.807, 2.05) is 12.1 Å². The summed E-state index contributed by atoms with van der Waals surface area (Å²) in [7, 11) is 0. The number of hydrogen-bond acceptors (Lipinski definition) is 4. The fourth-order valence-electron chi connectivity index (χ4n) is 2.37. The van der Waals surface area contributed by atoms with Crippen LogP contribution in [0, 0.1) is 0 Å². The summed E-state index contributed by atoms with van der Waals surface area (Å²) >= 11 is 6.36. The van der Waals surface area contributed by atoms with Gasteiger partial charge in [0.25, 0.3) is 0 Å². The molecule has 20 heavy (non-hydrogen) atoms. The van der Waals surface area contributed by atoms with E-state index in [1.54, 1.807) is 0 Å². The molecular weight excluding hydrogens is 276 g/mol. The third-order valence-corrected chi connectivity index (χ3v) is 3.82. The van der Waals surface area contributed by atoms with Crippen molar-refractivity contribution in [2.24, 2.45) is 0 Å². The van der Waals surface area contributed by atoms with E-state index in [-0.39, 0.29) is 12.7 Å². The van der Waals surface area contributed by atoms with E-state index in [9.17, 15) is 5.11 Å². The molecule has 1 atom stereocenters. The SMILES string of the molecule is CC(C)NCc1c(Cl)cccc1N1CCOC(CO)C1. The molecule has 1 aromatic rings. The molecule has 2 rings (SSSR count). The van der Waals surface area contributed by atoms with Gasteiger partial charge in [-0.15, -0.1) is 0 Å². The summed E-state index contributed by atoms with van der Waals surface area (Å²) in [4.78, 5) is 2.24. The second kappa shape index (κ2) is 7.27. The van der Waals surface area contributed by atoms with Crippen molar-refractivity contribution in [1.82, 2.24) is 5.32 Å². The van der Waals surface area contributed by atoms with Crippen molar-refractivity contribution in [2.75, 3.05) is 31.2 Å². The van der Waals surface area contributed by atoms with Crippen molar-refractivity contribution in [3.8, 4) is 0 Å². The summed E-state index contributed by atoms with van der Waals surface area (Å²) in [5.41, 5.74) is 2.24. The van der Waals surface area contributed by atoms with Crippen LogP contribution in [0.4, 0.5) is 5.69 Å². The molecule has 2 N–H and O–H groups in total. The van der Waals surface area contributed by atoms with Crippen LogP contribution >= 0.6 is 11.6 Å². The van der Waals surface area contributed by atoms with Gasteiger partial charge in [-0.25, -0.2) is 0 Å². The molecule has 4 nitrogen and oxygen atoms in total. The number of anilines is 1. The number of aliphatic hydroxyl groups excluding tert-OH is 1. The first-order valence-electron chi connectivity index (χ1n) is 7.10. The Hall–Kier alpha value is -0.810. The van der Waals surface area contributed by atoms with Crippen LogP contribution in [0.15, 0.2) is 18.2 Å². The topological polar surface area (TPSA) is 44.7 Å². The molecular formula is C15H23ClN2O2. The smallest absolute Gasteiger partial charge is 0.0980 e. The van der Waals surface area contributed by atoms with Gasteiger partial charge in [-0.1, -0.05) is 31.5 Å². The van der Waals surface area contributed by atoms with Gasteiger partial charge in [0.15, 0.2) is 0 Å². The predicted molar refractivity (Wildman–Crippen MR) is 82.5 cm³/mol. The molecule has 1 saturated heterocycles. The van der Waals surface area contributed by atoms with Crippen LogP contribution in [0.3, 0.4) is 0 Å². The van der Waals surface area contributed by atoms with E-state index in [1.165, 1.54) is 0 Å². The van der Waals surface area contributed by atoms with Gasteiger partial charge >= 0.3 is 0 Å². The van der Waals surface area contributed by atoms with E-state index < -0.39 is 0 Å². The first kappa shape index (κ1) is 15.6.